The molecular formula is C8H16N2O3. The molecule has 13 heavy (non-hydrogen) atoms. The number of amides is 2. The van der Waals surface area contributed by atoms with Gasteiger partial charge in [-0.2, -0.15) is 0 Å². The molecule has 2 amide bonds. The average molecular weight is 188 g/mol. The summed E-state index contributed by atoms with van der Waals surface area (Å²) in [5.41, 5.74) is 0. The van der Waals surface area contributed by atoms with Gasteiger partial charge in [0.25, 0.3) is 0 Å². The van der Waals surface area contributed by atoms with Crippen molar-refractivity contribution in [2.24, 2.45) is 0 Å². The van der Waals surface area contributed by atoms with Gasteiger partial charge in [0.05, 0.1) is 0 Å². The smallest absolute Gasteiger partial charge is 0.404 e. The first-order valence-electron chi connectivity index (χ1n) is 4.34. The van der Waals surface area contributed by atoms with E-state index in [0.29, 0.717) is 13.0 Å². The molecule has 0 rings (SSSR count). The first-order valence-corrected chi connectivity index (χ1v) is 4.34. The van der Waals surface area contributed by atoms with Crippen molar-refractivity contribution in [2.75, 3.05) is 13.6 Å². The summed E-state index contributed by atoms with van der Waals surface area (Å²) in [4.78, 5) is 20.7. The maximum absolute atomic E-state index is 10.7. The zero-order chi connectivity index (χ0) is 10.1. The van der Waals surface area contributed by atoms with Gasteiger partial charge >= 0.3 is 6.09 Å². The van der Waals surface area contributed by atoms with Gasteiger partial charge in [-0.25, -0.2) is 4.79 Å². The Morgan fingerprint density at radius 3 is 2.46 bits per heavy atom. The van der Waals surface area contributed by atoms with E-state index < -0.39 is 6.09 Å². The van der Waals surface area contributed by atoms with Gasteiger partial charge in [0.15, 0.2) is 0 Å². The number of unbranched alkanes of at least 4 members (excludes halogenated alkanes) is 2. The van der Waals surface area contributed by atoms with Crippen molar-refractivity contribution in [2.45, 2.75) is 25.7 Å². The van der Waals surface area contributed by atoms with Gasteiger partial charge in [-0.15, -0.1) is 0 Å². The fraction of sp³-hybridized carbons (Fsp3) is 0.750. The topological polar surface area (TPSA) is 78.4 Å². The van der Waals surface area contributed by atoms with E-state index in [4.69, 9.17) is 5.11 Å². The molecule has 0 spiro atoms. The van der Waals surface area contributed by atoms with E-state index >= 15 is 0 Å². The highest BCUT2D eigenvalue weighted by atomic mass is 16.4. The molecule has 5 heteroatoms. The predicted octanol–water partition coefficient (Wildman–Crippen LogP) is 0.560. The maximum Gasteiger partial charge on any atom is 0.404 e. The van der Waals surface area contributed by atoms with Crippen LogP contribution in [0.25, 0.3) is 0 Å². The number of carbonyl (C=O) groups excluding carboxylic acids is 1. The van der Waals surface area contributed by atoms with Crippen molar-refractivity contribution in [3.8, 4) is 0 Å². The van der Waals surface area contributed by atoms with Crippen LogP contribution in [0.2, 0.25) is 0 Å². The van der Waals surface area contributed by atoms with Crippen LogP contribution >= 0.6 is 0 Å². The summed E-state index contributed by atoms with van der Waals surface area (Å²) >= 11 is 0. The van der Waals surface area contributed by atoms with E-state index in [9.17, 15) is 9.59 Å². The van der Waals surface area contributed by atoms with Crippen molar-refractivity contribution >= 4 is 12.0 Å². The Balaban J connectivity index is 3.08. The zero-order valence-corrected chi connectivity index (χ0v) is 7.80. The van der Waals surface area contributed by atoms with Crippen molar-refractivity contribution in [1.82, 2.24) is 10.6 Å². The molecule has 3 N–H and O–H groups in total. The molecule has 0 aliphatic rings. The Morgan fingerprint density at radius 2 is 1.92 bits per heavy atom. The van der Waals surface area contributed by atoms with Crippen LogP contribution in [0.15, 0.2) is 0 Å². The Kier molecular flexibility index (Phi) is 6.68. The molecule has 0 bridgehead atoms. The molecule has 0 aromatic rings. The lowest BCUT2D eigenvalue weighted by molar-refractivity contribution is -0.120. The van der Waals surface area contributed by atoms with E-state index in [0.717, 1.165) is 19.3 Å². The number of rotatable bonds is 6. The van der Waals surface area contributed by atoms with Crippen LogP contribution in [0.1, 0.15) is 25.7 Å². The Labute approximate surface area is 77.5 Å². The fourth-order valence-electron chi connectivity index (χ4n) is 0.908. The monoisotopic (exact) mass is 188 g/mol. The largest absolute Gasteiger partial charge is 0.465 e. The van der Waals surface area contributed by atoms with E-state index in [1.165, 1.54) is 0 Å². The average Bonchev–Trinajstić information content (AvgIpc) is 2.10. The molecule has 0 saturated heterocycles. The number of hydrogen-bond acceptors (Lipinski definition) is 2. The summed E-state index contributed by atoms with van der Waals surface area (Å²) < 4.78 is 0. The SMILES string of the molecule is CNC(=O)CCCCCNC(=O)O. The van der Waals surface area contributed by atoms with E-state index in [1.54, 1.807) is 7.05 Å². The van der Waals surface area contributed by atoms with Gasteiger partial charge in [-0.1, -0.05) is 6.42 Å². The second-order valence-corrected chi connectivity index (χ2v) is 2.72. The highest BCUT2D eigenvalue weighted by molar-refractivity contribution is 5.75. The van der Waals surface area contributed by atoms with E-state index in [1.807, 2.05) is 0 Å². The lowest BCUT2D eigenvalue weighted by Crippen LogP contribution is -2.22. The van der Waals surface area contributed by atoms with Crippen LogP contribution in [-0.2, 0) is 4.79 Å². The number of carboxylic acid groups (broad SMARTS) is 1. The Morgan fingerprint density at radius 1 is 1.23 bits per heavy atom. The molecule has 0 atom stereocenters. The van der Waals surface area contributed by atoms with Gasteiger partial charge in [-0.05, 0) is 12.8 Å². The molecule has 0 saturated carbocycles. The maximum atomic E-state index is 10.7. The third-order valence-electron chi connectivity index (χ3n) is 1.64. The van der Waals surface area contributed by atoms with Crippen LogP contribution in [-0.4, -0.2) is 30.7 Å². The van der Waals surface area contributed by atoms with Crippen molar-refractivity contribution < 1.29 is 14.7 Å². The van der Waals surface area contributed by atoms with E-state index in [2.05, 4.69) is 10.6 Å². The van der Waals surface area contributed by atoms with Crippen LogP contribution < -0.4 is 10.6 Å². The summed E-state index contributed by atoms with van der Waals surface area (Å²) in [5, 5.41) is 13.0. The van der Waals surface area contributed by atoms with Crippen LogP contribution in [0.5, 0.6) is 0 Å². The minimum atomic E-state index is -0.994. The minimum absolute atomic E-state index is 0.0335. The summed E-state index contributed by atoms with van der Waals surface area (Å²) in [6.07, 6.45) is 1.98. The molecule has 0 aromatic heterocycles. The number of nitrogens with one attached hydrogen (secondary N) is 2. The predicted molar refractivity (Wildman–Crippen MR) is 48.6 cm³/mol. The quantitative estimate of drug-likeness (QED) is 0.533. The molecule has 0 unspecified atom stereocenters. The normalized spacial score (nSPS) is 9.31. The lowest BCUT2D eigenvalue weighted by atomic mass is 10.2. The molecule has 0 fully saturated rings. The summed E-state index contributed by atoms with van der Waals surface area (Å²) in [6.45, 7) is 0.461. The van der Waals surface area contributed by atoms with Gasteiger partial charge < -0.3 is 15.7 Å². The fourth-order valence-corrected chi connectivity index (χ4v) is 0.908. The first-order chi connectivity index (χ1) is 6.16. The molecule has 0 heterocycles. The number of hydrogen-bond donors (Lipinski definition) is 3. The van der Waals surface area contributed by atoms with E-state index in [-0.39, 0.29) is 5.91 Å². The Hall–Kier alpha value is -1.26. The molecule has 0 aliphatic carbocycles. The minimum Gasteiger partial charge on any atom is -0.465 e. The molecule has 76 valence electrons. The Bertz CT molecular complexity index is 171. The van der Waals surface area contributed by atoms with Crippen molar-refractivity contribution in [1.29, 1.82) is 0 Å². The zero-order valence-electron chi connectivity index (χ0n) is 7.80. The highest BCUT2D eigenvalue weighted by Gasteiger charge is 1.97. The molecule has 5 nitrogen and oxygen atoms in total. The van der Waals surface area contributed by atoms with Crippen LogP contribution in [0, 0.1) is 0 Å². The van der Waals surface area contributed by atoms with Gasteiger partial charge in [0.2, 0.25) is 5.91 Å². The molecule has 0 aromatic carbocycles. The van der Waals surface area contributed by atoms with Gasteiger partial charge in [0, 0.05) is 20.0 Å². The lowest BCUT2D eigenvalue weighted by Gasteiger charge is -2.00. The third-order valence-corrected chi connectivity index (χ3v) is 1.64. The van der Waals surface area contributed by atoms with Crippen LogP contribution in [0.4, 0.5) is 4.79 Å². The molecule has 0 aliphatic heterocycles. The summed E-state index contributed by atoms with van der Waals surface area (Å²) in [7, 11) is 1.61. The molecule has 0 radical (unpaired) electrons. The van der Waals surface area contributed by atoms with Crippen molar-refractivity contribution in [3.63, 3.8) is 0 Å². The van der Waals surface area contributed by atoms with Gasteiger partial charge in [0.1, 0.15) is 0 Å². The van der Waals surface area contributed by atoms with Crippen molar-refractivity contribution in [3.05, 3.63) is 0 Å². The highest BCUT2D eigenvalue weighted by Crippen LogP contribution is 1.98. The van der Waals surface area contributed by atoms with Gasteiger partial charge in [-0.3, -0.25) is 4.79 Å². The summed E-state index contributed by atoms with van der Waals surface area (Å²) in [5.74, 6) is 0.0335. The second-order valence-electron chi connectivity index (χ2n) is 2.72. The van der Waals surface area contributed by atoms with Crippen LogP contribution in [0.3, 0.4) is 0 Å². The standard InChI is InChI=1S/C8H16N2O3/c1-9-7(11)5-3-2-4-6-10-8(12)13/h10H,2-6H2,1H3,(H,9,11)(H,12,13). The molecular weight excluding hydrogens is 172 g/mol. The number of carbonyl (C=O) groups is 2. The second kappa shape index (κ2) is 7.39. The summed E-state index contributed by atoms with van der Waals surface area (Å²) in [6, 6.07) is 0. The first kappa shape index (κ1) is 11.7. The third kappa shape index (κ3) is 8.65.